The van der Waals surface area contributed by atoms with Crippen molar-refractivity contribution < 1.29 is 16.8 Å². The van der Waals surface area contributed by atoms with Crippen molar-refractivity contribution >= 4 is 43.8 Å². The molecular weight excluding hydrogens is 454 g/mol. The monoisotopic (exact) mass is 479 g/mol. The third kappa shape index (κ3) is 5.57. The summed E-state index contributed by atoms with van der Waals surface area (Å²) in [7, 11) is -7.70. The SMILES string of the molecule is CCCNC1CN(CCCc2ccccc2)S(=O)(=O)c2sc(S(N)(=O)=O)cc21.Cl. The fourth-order valence-corrected chi connectivity index (χ4v) is 7.58. The summed E-state index contributed by atoms with van der Waals surface area (Å²) < 4.78 is 51.1. The van der Waals surface area contributed by atoms with Crippen molar-refractivity contribution in [3.63, 3.8) is 0 Å². The number of halogens is 1. The molecule has 0 spiro atoms. The van der Waals surface area contributed by atoms with Gasteiger partial charge in [0.15, 0.2) is 0 Å². The van der Waals surface area contributed by atoms with Crippen LogP contribution >= 0.6 is 23.7 Å². The second-order valence-electron chi connectivity index (χ2n) is 6.81. The van der Waals surface area contributed by atoms with Crippen molar-refractivity contribution in [3.05, 3.63) is 47.5 Å². The van der Waals surface area contributed by atoms with E-state index in [1.54, 1.807) is 0 Å². The molecule has 3 N–H and O–H groups in total. The lowest BCUT2D eigenvalue weighted by Gasteiger charge is -2.32. The number of nitrogens with zero attached hydrogens (tertiary/aromatic N) is 1. The smallest absolute Gasteiger partial charge is 0.252 e. The summed E-state index contributed by atoms with van der Waals surface area (Å²) in [6.07, 6.45) is 2.35. The quantitative estimate of drug-likeness (QED) is 0.604. The van der Waals surface area contributed by atoms with Gasteiger partial charge in [0.05, 0.1) is 0 Å². The highest BCUT2D eigenvalue weighted by Gasteiger charge is 2.39. The average molecular weight is 480 g/mol. The summed E-state index contributed by atoms with van der Waals surface area (Å²) >= 11 is 0.737. The highest BCUT2D eigenvalue weighted by Crippen LogP contribution is 2.40. The van der Waals surface area contributed by atoms with Gasteiger partial charge in [-0.1, -0.05) is 37.3 Å². The number of nitrogens with one attached hydrogen (secondary N) is 1. The van der Waals surface area contributed by atoms with Crippen molar-refractivity contribution in [1.29, 1.82) is 0 Å². The van der Waals surface area contributed by atoms with E-state index in [4.69, 9.17) is 5.14 Å². The van der Waals surface area contributed by atoms with E-state index in [2.05, 4.69) is 5.32 Å². The Morgan fingerprint density at radius 2 is 1.97 bits per heavy atom. The summed E-state index contributed by atoms with van der Waals surface area (Å²) in [4.78, 5) is 0. The molecule has 0 saturated carbocycles. The minimum Gasteiger partial charge on any atom is -0.309 e. The summed E-state index contributed by atoms with van der Waals surface area (Å²) in [6, 6.07) is 11.1. The Kier molecular flexibility index (Phi) is 8.25. The van der Waals surface area contributed by atoms with Gasteiger partial charge in [-0.15, -0.1) is 23.7 Å². The number of primary sulfonamides is 1. The molecule has 1 aliphatic heterocycles. The fraction of sp³-hybridized carbons (Fsp3) is 0.444. The number of hydrogen-bond donors (Lipinski definition) is 2. The van der Waals surface area contributed by atoms with Crippen LogP contribution in [-0.2, 0) is 26.5 Å². The van der Waals surface area contributed by atoms with E-state index in [0.29, 0.717) is 25.1 Å². The van der Waals surface area contributed by atoms with Crippen molar-refractivity contribution in [2.75, 3.05) is 19.6 Å². The van der Waals surface area contributed by atoms with Gasteiger partial charge in [0.1, 0.15) is 8.42 Å². The van der Waals surface area contributed by atoms with Crippen LogP contribution in [0.4, 0.5) is 0 Å². The zero-order valence-electron chi connectivity index (χ0n) is 16.1. The van der Waals surface area contributed by atoms with Gasteiger partial charge in [-0.2, -0.15) is 4.31 Å². The Bertz CT molecular complexity index is 1020. The maximum absolute atomic E-state index is 13.1. The first-order valence-electron chi connectivity index (χ1n) is 9.17. The molecule has 1 atom stereocenters. The maximum Gasteiger partial charge on any atom is 0.252 e. The highest BCUT2D eigenvalue weighted by atomic mass is 35.5. The van der Waals surface area contributed by atoms with Crippen LogP contribution in [0.3, 0.4) is 0 Å². The van der Waals surface area contributed by atoms with E-state index in [1.165, 1.54) is 10.4 Å². The van der Waals surface area contributed by atoms with Crippen molar-refractivity contribution in [3.8, 4) is 0 Å². The molecule has 0 saturated heterocycles. The molecule has 1 aromatic carbocycles. The lowest BCUT2D eigenvalue weighted by Crippen LogP contribution is -2.44. The topological polar surface area (TPSA) is 110 Å². The van der Waals surface area contributed by atoms with Crippen LogP contribution in [0.25, 0.3) is 0 Å². The summed E-state index contributed by atoms with van der Waals surface area (Å²) in [6.45, 7) is 3.39. The van der Waals surface area contributed by atoms with Crippen molar-refractivity contribution in [2.24, 2.45) is 5.14 Å². The van der Waals surface area contributed by atoms with E-state index in [-0.39, 0.29) is 33.4 Å². The molecule has 1 aliphatic rings. The fourth-order valence-electron chi connectivity index (χ4n) is 3.28. The van der Waals surface area contributed by atoms with Crippen LogP contribution in [0, 0.1) is 0 Å². The molecule has 2 aromatic rings. The number of benzene rings is 1. The predicted molar refractivity (Wildman–Crippen MR) is 117 cm³/mol. The maximum atomic E-state index is 13.1. The van der Waals surface area contributed by atoms with Crippen LogP contribution < -0.4 is 10.5 Å². The lowest BCUT2D eigenvalue weighted by atomic mass is 10.1. The number of aryl methyl sites for hydroxylation is 1. The van der Waals surface area contributed by atoms with Gasteiger partial charge in [0.25, 0.3) is 10.0 Å². The van der Waals surface area contributed by atoms with E-state index in [1.807, 2.05) is 37.3 Å². The molecule has 0 fully saturated rings. The molecular formula is C18H26ClN3O4S3. The zero-order chi connectivity index (χ0) is 20.4. The van der Waals surface area contributed by atoms with Crippen molar-refractivity contribution in [2.45, 2.75) is 40.6 Å². The molecule has 7 nitrogen and oxygen atoms in total. The van der Waals surface area contributed by atoms with E-state index in [0.717, 1.165) is 29.7 Å². The minimum absolute atomic E-state index is 0. The zero-order valence-corrected chi connectivity index (χ0v) is 19.3. The van der Waals surface area contributed by atoms with Gasteiger partial charge < -0.3 is 5.32 Å². The summed E-state index contributed by atoms with van der Waals surface area (Å²) in [5.41, 5.74) is 1.66. The second kappa shape index (κ2) is 9.86. The number of nitrogens with two attached hydrogens (primary N) is 1. The lowest BCUT2D eigenvalue weighted by molar-refractivity contribution is 0.338. The Morgan fingerprint density at radius 1 is 1.28 bits per heavy atom. The molecule has 0 radical (unpaired) electrons. The number of rotatable bonds is 8. The van der Waals surface area contributed by atoms with Crippen LogP contribution in [-0.4, -0.2) is 40.8 Å². The molecule has 0 bridgehead atoms. The average Bonchev–Trinajstić information content (AvgIpc) is 3.11. The van der Waals surface area contributed by atoms with Gasteiger partial charge in [-0.3, -0.25) is 0 Å². The molecule has 2 heterocycles. The van der Waals surface area contributed by atoms with Crippen LogP contribution in [0.2, 0.25) is 0 Å². The first-order chi connectivity index (χ1) is 13.2. The second-order valence-corrected chi connectivity index (χ2v) is 11.8. The van der Waals surface area contributed by atoms with Gasteiger partial charge in [-0.05, 0) is 37.4 Å². The Hall–Kier alpha value is -1.01. The van der Waals surface area contributed by atoms with Gasteiger partial charge in [0.2, 0.25) is 10.0 Å². The van der Waals surface area contributed by atoms with E-state index >= 15 is 0 Å². The molecule has 162 valence electrons. The molecule has 3 rings (SSSR count). The number of fused-ring (bicyclic) bond motifs is 1. The van der Waals surface area contributed by atoms with E-state index < -0.39 is 20.0 Å². The van der Waals surface area contributed by atoms with Gasteiger partial charge in [0, 0.05) is 24.7 Å². The summed E-state index contributed by atoms with van der Waals surface area (Å²) in [5, 5.41) is 8.57. The Labute approximate surface area is 182 Å². The standard InChI is InChI=1S/C18H25N3O4S3.ClH/c1-2-10-20-16-13-21(11-6-9-14-7-4-3-5-8-14)28(24,25)18-15(16)12-17(26-18)27(19,22)23;/h3-5,7-8,12,16,20H,2,6,9-11,13H2,1H3,(H2,19,22,23);1H. The minimum atomic E-state index is -3.95. The van der Waals surface area contributed by atoms with E-state index in [9.17, 15) is 16.8 Å². The third-order valence-corrected chi connectivity index (χ3v) is 9.64. The van der Waals surface area contributed by atoms with Crippen LogP contribution in [0.5, 0.6) is 0 Å². The number of hydrogen-bond acceptors (Lipinski definition) is 6. The molecule has 1 unspecified atom stereocenters. The number of sulfonamides is 2. The highest BCUT2D eigenvalue weighted by molar-refractivity contribution is 7.94. The summed E-state index contributed by atoms with van der Waals surface area (Å²) in [5.74, 6) is 0. The number of thiophene rings is 1. The Morgan fingerprint density at radius 3 is 2.59 bits per heavy atom. The third-order valence-electron chi connectivity index (χ3n) is 4.68. The van der Waals surface area contributed by atoms with Gasteiger partial charge in [-0.25, -0.2) is 22.0 Å². The Balaban J connectivity index is 0.00000300. The molecule has 0 amide bonds. The van der Waals surface area contributed by atoms with Crippen LogP contribution in [0.1, 0.15) is 36.9 Å². The largest absolute Gasteiger partial charge is 0.309 e. The van der Waals surface area contributed by atoms with Crippen molar-refractivity contribution in [1.82, 2.24) is 9.62 Å². The first kappa shape index (κ1) is 24.3. The van der Waals surface area contributed by atoms with Crippen LogP contribution in [0.15, 0.2) is 44.8 Å². The normalized spacial score (nSPS) is 18.8. The molecule has 29 heavy (non-hydrogen) atoms. The molecule has 11 heteroatoms. The molecule has 1 aromatic heterocycles. The first-order valence-corrected chi connectivity index (χ1v) is 13.0. The molecule has 0 aliphatic carbocycles. The predicted octanol–water partition coefficient (Wildman–Crippen LogP) is 2.50. The van der Waals surface area contributed by atoms with Gasteiger partial charge >= 0.3 is 0 Å².